The molecule has 5 nitrogen and oxygen atoms in total. The lowest BCUT2D eigenvalue weighted by Crippen LogP contribution is -2.32. The summed E-state index contributed by atoms with van der Waals surface area (Å²) >= 11 is 0. The molecule has 0 radical (unpaired) electrons. The number of halogens is 1. The topological polar surface area (TPSA) is 77.8 Å². The number of carboxylic acids is 1. The van der Waals surface area contributed by atoms with Gasteiger partial charge in [-0.2, -0.15) is 0 Å². The van der Waals surface area contributed by atoms with E-state index in [1.165, 1.54) is 12.1 Å². The average Bonchev–Trinajstić information content (AvgIpc) is 2.96. The highest BCUT2D eigenvalue weighted by molar-refractivity contribution is 5.79. The Labute approximate surface area is 158 Å². The highest BCUT2D eigenvalue weighted by Gasteiger charge is 2.28. The molecule has 1 heterocycles. The summed E-state index contributed by atoms with van der Waals surface area (Å²) in [7, 11) is 0. The molecule has 0 aliphatic carbocycles. The summed E-state index contributed by atoms with van der Waals surface area (Å²) in [5.74, 6) is -1.06. The Morgan fingerprint density at radius 2 is 2.19 bits per heavy atom. The van der Waals surface area contributed by atoms with Crippen molar-refractivity contribution in [2.24, 2.45) is 0 Å². The van der Waals surface area contributed by atoms with Crippen molar-refractivity contribution in [3.05, 3.63) is 60.0 Å². The third-order valence-electron chi connectivity index (χ3n) is 4.49. The van der Waals surface area contributed by atoms with E-state index in [4.69, 9.17) is 5.11 Å². The molecule has 1 fully saturated rings. The Bertz CT molecular complexity index is 701. The molecule has 2 N–H and O–H groups in total. The van der Waals surface area contributed by atoms with E-state index in [0.29, 0.717) is 38.6 Å². The molecule has 1 aliphatic heterocycles. The van der Waals surface area contributed by atoms with Crippen LogP contribution in [0.25, 0.3) is 0 Å². The number of carbonyl (C=O) groups excluding carboxylic acids is 1. The molecular formula is C21H26FNO4. The van der Waals surface area contributed by atoms with E-state index < -0.39 is 12.1 Å². The lowest BCUT2D eigenvalue weighted by Gasteiger charge is -2.21. The summed E-state index contributed by atoms with van der Waals surface area (Å²) in [6.45, 7) is 0.473. The van der Waals surface area contributed by atoms with E-state index in [1.807, 2.05) is 18.2 Å². The van der Waals surface area contributed by atoms with Crippen molar-refractivity contribution < 1.29 is 24.2 Å². The Balaban J connectivity index is 1.82. The van der Waals surface area contributed by atoms with Gasteiger partial charge in [0.15, 0.2) is 0 Å². The summed E-state index contributed by atoms with van der Waals surface area (Å²) in [5.41, 5.74) is 0.718. The molecular weight excluding hydrogens is 349 g/mol. The van der Waals surface area contributed by atoms with Crippen LogP contribution in [0.5, 0.6) is 0 Å². The van der Waals surface area contributed by atoms with Gasteiger partial charge in [0.2, 0.25) is 5.91 Å². The van der Waals surface area contributed by atoms with Crippen molar-refractivity contribution in [1.82, 2.24) is 4.90 Å². The van der Waals surface area contributed by atoms with Crippen LogP contribution in [0.1, 0.15) is 37.7 Å². The van der Waals surface area contributed by atoms with Crippen LogP contribution in [0.4, 0.5) is 4.39 Å². The van der Waals surface area contributed by atoms with Crippen LogP contribution in [-0.2, 0) is 16.0 Å². The highest BCUT2D eigenvalue weighted by atomic mass is 19.1. The third kappa shape index (κ3) is 7.35. The first-order chi connectivity index (χ1) is 13.0. The zero-order valence-corrected chi connectivity index (χ0v) is 15.3. The molecule has 6 heteroatoms. The molecule has 0 bridgehead atoms. The first-order valence-electron chi connectivity index (χ1n) is 9.23. The van der Waals surface area contributed by atoms with E-state index in [0.717, 1.165) is 5.56 Å². The number of benzene rings is 1. The molecule has 0 aromatic heterocycles. The zero-order valence-electron chi connectivity index (χ0n) is 15.3. The quantitative estimate of drug-likeness (QED) is 0.487. The minimum atomic E-state index is -0.805. The number of hydrogen-bond acceptors (Lipinski definition) is 3. The second kappa shape index (κ2) is 10.6. The fourth-order valence-electron chi connectivity index (χ4n) is 3.10. The van der Waals surface area contributed by atoms with Crippen LogP contribution in [0.2, 0.25) is 0 Å². The number of nitrogens with zero attached hydrogens (tertiary/aromatic N) is 1. The van der Waals surface area contributed by atoms with E-state index in [-0.39, 0.29) is 24.2 Å². The molecule has 1 aromatic rings. The van der Waals surface area contributed by atoms with Crippen LogP contribution in [0, 0.1) is 5.82 Å². The van der Waals surface area contributed by atoms with E-state index in [9.17, 15) is 19.1 Å². The van der Waals surface area contributed by atoms with Gasteiger partial charge in [0.25, 0.3) is 0 Å². The Morgan fingerprint density at radius 1 is 1.37 bits per heavy atom. The number of likely N-dealkylation sites (tertiary alicyclic amines) is 1. The van der Waals surface area contributed by atoms with Gasteiger partial charge in [-0.3, -0.25) is 9.59 Å². The number of aliphatic hydroxyl groups is 1. The molecule has 1 aliphatic rings. The molecule has 0 spiro atoms. The number of aliphatic carboxylic acids is 1. The normalized spacial score (nSPS) is 18.7. The summed E-state index contributed by atoms with van der Waals surface area (Å²) < 4.78 is 13.2. The molecule has 0 unspecified atom stereocenters. The first kappa shape index (κ1) is 20.8. The number of allylic oxidation sites excluding steroid dienone is 1. The van der Waals surface area contributed by atoms with Gasteiger partial charge in [-0.25, -0.2) is 4.39 Å². The van der Waals surface area contributed by atoms with Crippen molar-refractivity contribution in [3.63, 3.8) is 0 Å². The Kier molecular flexibility index (Phi) is 8.20. The number of amides is 1. The molecule has 0 saturated carbocycles. The number of rotatable bonds is 10. The van der Waals surface area contributed by atoms with Crippen molar-refractivity contribution in [2.75, 3.05) is 6.54 Å². The summed E-state index contributed by atoms with van der Waals surface area (Å²) in [5, 5.41) is 18.7. The predicted molar refractivity (Wildman–Crippen MR) is 101 cm³/mol. The fourth-order valence-corrected chi connectivity index (χ4v) is 3.10. The third-order valence-corrected chi connectivity index (χ3v) is 4.49. The van der Waals surface area contributed by atoms with Crippen molar-refractivity contribution >= 4 is 11.9 Å². The van der Waals surface area contributed by atoms with Crippen molar-refractivity contribution in [1.29, 1.82) is 0 Å². The number of aliphatic hydroxyl groups excluding tert-OH is 1. The van der Waals surface area contributed by atoms with Gasteiger partial charge in [-0.1, -0.05) is 36.4 Å². The maximum Gasteiger partial charge on any atom is 0.303 e. The second-order valence-corrected chi connectivity index (χ2v) is 6.70. The Morgan fingerprint density at radius 3 is 2.93 bits per heavy atom. The maximum atomic E-state index is 13.2. The second-order valence-electron chi connectivity index (χ2n) is 6.70. The summed E-state index contributed by atoms with van der Waals surface area (Å²) in [6, 6.07) is 6.08. The van der Waals surface area contributed by atoms with Gasteiger partial charge in [-0.15, -0.1) is 0 Å². The van der Waals surface area contributed by atoms with Gasteiger partial charge in [0.05, 0.1) is 12.1 Å². The number of hydrogen-bond donors (Lipinski definition) is 2. The molecule has 1 aromatic carbocycles. The van der Waals surface area contributed by atoms with E-state index >= 15 is 0 Å². The summed E-state index contributed by atoms with van der Waals surface area (Å²) in [4.78, 5) is 24.3. The van der Waals surface area contributed by atoms with E-state index in [2.05, 4.69) is 0 Å². The van der Waals surface area contributed by atoms with Crippen molar-refractivity contribution in [2.45, 2.75) is 50.7 Å². The van der Waals surface area contributed by atoms with Gasteiger partial charge < -0.3 is 15.1 Å². The van der Waals surface area contributed by atoms with Crippen molar-refractivity contribution in [3.8, 4) is 0 Å². The minimum absolute atomic E-state index is 0.0664. The number of carbonyl (C=O) groups is 2. The minimum Gasteiger partial charge on any atom is -0.481 e. The lowest BCUT2D eigenvalue weighted by atomic mass is 10.1. The van der Waals surface area contributed by atoms with Crippen LogP contribution in [-0.4, -0.2) is 45.7 Å². The molecule has 146 valence electrons. The lowest BCUT2D eigenvalue weighted by molar-refractivity contribution is -0.137. The van der Waals surface area contributed by atoms with Crippen LogP contribution >= 0.6 is 0 Å². The zero-order chi connectivity index (χ0) is 19.6. The number of unbranched alkanes of at least 4 members (excludes halogenated alkanes) is 1. The fraction of sp³-hybridized carbons (Fsp3) is 0.429. The van der Waals surface area contributed by atoms with Crippen LogP contribution < -0.4 is 0 Å². The Hall–Kier alpha value is -2.47. The highest BCUT2D eigenvalue weighted by Crippen LogP contribution is 2.20. The molecule has 1 amide bonds. The molecule has 2 atom stereocenters. The standard InChI is InChI=1S/C21H26FNO4/c22-17-7-5-6-16(14-17)15-19(24)11-9-18-10-12-20(25)23(18)13-4-2-1-3-8-21(26)27/h2,4-7,9,11,14,18-19,24H,1,3,8,10,12-13,15H2,(H,26,27)/b4-2-,11-9+/t18-,19+/m0/s1. The largest absolute Gasteiger partial charge is 0.481 e. The SMILES string of the molecule is O=C(O)CCC/C=C\CN1C(=O)CC[C@@H]1/C=C/[C@@H](O)Cc1cccc(F)c1. The maximum absolute atomic E-state index is 13.2. The monoisotopic (exact) mass is 375 g/mol. The van der Waals surface area contributed by atoms with Crippen LogP contribution in [0.3, 0.4) is 0 Å². The van der Waals surface area contributed by atoms with E-state index in [1.54, 1.807) is 23.1 Å². The molecule has 27 heavy (non-hydrogen) atoms. The average molecular weight is 375 g/mol. The number of carboxylic acid groups (broad SMARTS) is 1. The molecule has 1 saturated heterocycles. The van der Waals surface area contributed by atoms with Gasteiger partial charge in [0.1, 0.15) is 5.82 Å². The van der Waals surface area contributed by atoms with Gasteiger partial charge in [0, 0.05) is 25.8 Å². The van der Waals surface area contributed by atoms with Gasteiger partial charge >= 0.3 is 5.97 Å². The van der Waals surface area contributed by atoms with Crippen LogP contribution in [0.15, 0.2) is 48.6 Å². The smallest absolute Gasteiger partial charge is 0.303 e. The molecule has 2 rings (SSSR count). The predicted octanol–water partition coefficient (Wildman–Crippen LogP) is 3.09. The van der Waals surface area contributed by atoms with Gasteiger partial charge in [-0.05, 0) is 37.0 Å². The summed E-state index contributed by atoms with van der Waals surface area (Å²) in [6.07, 6.45) is 9.43. The first-order valence-corrected chi connectivity index (χ1v) is 9.23.